The highest BCUT2D eigenvalue weighted by atomic mass is 35.5. The molecule has 0 bridgehead atoms. The number of rotatable bonds is 12. The second kappa shape index (κ2) is 42.4. The van der Waals surface area contributed by atoms with Crippen molar-refractivity contribution >= 4 is 119 Å². The number of terminal acetylenes is 1. The topological polar surface area (TPSA) is 189 Å². The number of nitrogens with zero attached hydrogens (tertiary/aromatic N) is 3. The van der Waals surface area contributed by atoms with Gasteiger partial charge in [-0.2, -0.15) is 0 Å². The van der Waals surface area contributed by atoms with Crippen LogP contribution >= 0.6 is 34.8 Å². The number of benzene rings is 15. The molecule has 127 heavy (non-hydrogen) atoms. The number of phenols is 3. The molecule has 4 aliphatic heterocycles. The van der Waals surface area contributed by atoms with Gasteiger partial charge in [0.1, 0.15) is 40.2 Å². The van der Waals surface area contributed by atoms with Crippen LogP contribution in [0.5, 0.6) is 40.2 Å². The van der Waals surface area contributed by atoms with Crippen LogP contribution < -0.4 is 33.6 Å². The molecule has 3 fully saturated rings. The number of fused-ring (bicyclic) bond motifs is 7. The minimum absolute atomic E-state index is 0.0308. The number of anilines is 3. The van der Waals surface area contributed by atoms with Crippen LogP contribution in [-0.4, -0.2) is 132 Å². The van der Waals surface area contributed by atoms with Gasteiger partial charge in [0.05, 0.1) is 66.0 Å². The summed E-state index contributed by atoms with van der Waals surface area (Å²) in [6, 6.07) is 104. The quantitative estimate of drug-likeness (QED) is 0.0513. The number of halogens is 3. The summed E-state index contributed by atoms with van der Waals surface area (Å²) < 4.78 is 37.5. The van der Waals surface area contributed by atoms with Crippen LogP contribution in [0, 0.1) is 12.3 Å². The number of methoxy groups -OCH3 is 3. The monoisotopic (exact) mass is 1750 g/mol. The Kier molecular flexibility index (Phi) is 30.0. The van der Waals surface area contributed by atoms with Gasteiger partial charge in [-0.25, -0.2) is 0 Å². The van der Waals surface area contributed by atoms with E-state index in [1.54, 1.807) is 106 Å². The van der Waals surface area contributed by atoms with Crippen molar-refractivity contribution in [2.75, 3.05) is 115 Å². The Balaban J connectivity index is 0.000000124. The zero-order chi connectivity index (χ0) is 88.7. The second-order valence-electron chi connectivity index (χ2n) is 30.1. The molecule has 5 aliphatic rings. The van der Waals surface area contributed by atoms with E-state index >= 15 is 0 Å². The molecule has 0 radical (unpaired) electrons. The number of morpholine rings is 3. The Morgan fingerprint density at radius 2 is 0.858 bits per heavy atom. The molecule has 4 N–H and O–H groups in total. The second-order valence-corrected chi connectivity index (χ2v) is 31.8. The maximum Gasteiger partial charge on any atom is 0.205 e. The number of aliphatic hydroxyl groups is 1. The summed E-state index contributed by atoms with van der Waals surface area (Å²) in [5.41, 5.74) is 8.70. The molecule has 0 amide bonds. The molecular formula is C108H96Cl3N3O13. The van der Waals surface area contributed by atoms with Crippen molar-refractivity contribution in [1.29, 1.82) is 0 Å². The van der Waals surface area contributed by atoms with Gasteiger partial charge in [0.15, 0.2) is 22.8 Å². The normalized spacial score (nSPS) is 15.6. The molecule has 0 spiro atoms. The van der Waals surface area contributed by atoms with Gasteiger partial charge >= 0.3 is 0 Å². The molecule has 642 valence electrons. The third kappa shape index (κ3) is 21.3. The number of carbonyl (C=O) groups excluding carboxylic acids is 2. The predicted molar refractivity (Wildman–Crippen MR) is 513 cm³/mol. The number of hydrogen-bond acceptors (Lipinski definition) is 16. The van der Waals surface area contributed by atoms with Gasteiger partial charge in [0.2, 0.25) is 4.33 Å². The van der Waals surface area contributed by atoms with Crippen LogP contribution in [0.15, 0.2) is 340 Å². The SMILES string of the molecule is C#CC(O)(c1ccccc1)c1ccc(OC)cc1.COc1ccc(C(=O)c2ccccc2)cc1.COc1ccc(C2(c3ccccc3)C=Cc3c(cc(N4CCOCC4)c4ccccc34)O2)cc1.O=C1C=Cc2ccccc2C1(Cl)Cl.Oc1cc(N2CCOCC2)c2ccccc2c1.Oc1cc(N2CCOCC2)c2ccccc2c1Cl.Oc1ccc2ccccc2c1. The van der Waals surface area contributed by atoms with Crippen molar-refractivity contribution in [1.82, 2.24) is 0 Å². The largest absolute Gasteiger partial charge is 0.508 e. The number of ketones is 2. The fourth-order valence-corrected chi connectivity index (χ4v) is 16.3. The zero-order valence-electron chi connectivity index (χ0n) is 70.5. The molecule has 2 unspecified atom stereocenters. The maximum atomic E-state index is 12.0. The summed E-state index contributed by atoms with van der Waals surface area (Å²) in [7, 11) is 4.89. The van der Waals surface area contributed by atoms with E-state index in [0.717, 1.165) is 162 Å². The van der Waals surface area contributed by atoms with Gasteiger partial charge in [0, 0.05) is 141 Å². The van der Waals surface area contributed by atoms with Crippen molar-refractivity contribution < 1.29 is 63.2 Å². The molecule has 15 aromatic rings. The van der Waals surface area contributed by atoms with Crippen molar-refractivity contribution in [2.24, 2.45) is 0 Å². The summed E-state index contributed by atoms with van der Waals surface area (Å²) in [6.45, 7) is 9.63. The average molecular weight is 1750 g/mol. The molecule has 19 heteroatoms. The molecule has 20 rings (SSSR count). The molecule has 3 saturated heterocycles. The van der Waals surface area contributed by atoms with E-state index in [2.05, 4.69) is 106 Å². The van der Waals surface area contributed by atoms with Crippen LogP contribution in [0.1, 0.15) is 54.9 Å². The standard InChI is InChI=1S/C30H27NO3.C16H14O2.C14H14ClNO2.C14H15NO2.C14H12O2.C10H6Cl2O.C10H8O/c1-32-24-13-11-23(12-14-24)30(22-7-3-2-4-8-22)16-15-27-25-9-5-6-10-26(25)28(21-29(27)34-30)31-17-19-33-20-18-31;1-3-16(17,13-7-5-4-6-8-13)14-9-11-15(18-2)12-10-14;15-14-11-4-2-1-3-10(11)12(9-13(14)17)16-5-7-18-8-6-16;16-12-9-11-3-1-2-4-13(11)14(10-12)15-5-7-17-8-6-15;1-16-13-9-7-12(8-10-13)14(15)11-5-3-2-4-6-11;11-10(12)8-4-2-1-3-7(8)5-6-9(10)13;11-10-6-5-8-3-1-2-4-9(8)7-10/h2-16,21H,17-20H2,1H3;1,4-12,17H,2H3;1-4,9,17H,5-8H2;1-4,9-10,16H,5-8H2;2-10H,1H3;1-6H;1-7,11H. The van der Waals surface area contributed by atoms with E-state index in [-0.39, 0.29) is 17.3 Å². The first-order valence-corrected chi connectivity index (χ1v) is 42.8. The third-order valence-corrected chi connectivity index (χ3v) is 23.6. The van der Waals surface area contributed by atoms with Crippen molar-refractivity contribution in [3.8, 4) is 52.6 Å². The van der Waals surface area contributed by atoms with E-state index in [0.29, 0.717) is 44.3 Å². The maximum absolute atomic E-state index is 12.0. The van der Waals surface area contributed by atoms with E-state index in [1.165, 1.54) is 27.9 Å². The highest BCUT2D eigenvalue weighted by molar-refractivity contribution is 6.59. The number of phenolic OH excluding ortho intramolecular Hbond substituents is 3. The van der Waals surface area contributed by atoms with Crippen molar-refractivity contribution in [2.45, 2.75) is 15.5 Å². The van der Waals surface area contributed by atoms with Crippen LogP contribution in [0.2, 0.25) is 5.02 Å². The first kappa shape index (κ1) is 89.7. The fraction of sp³-hybridized carbons (Fsp3) is 0.167. The first-order valence-electron chi connectivity index (χ1n) is 41.7. The minimum Gasteiger partial charge on any atom is -0.508 e. The van der Waals surface area contributed by atoms with Gasteiger partial charge in [-0.3, -0.25) is 9.59 Å². The summed E-state index contributed by atoms with van der Waals surface area (Å²) >= 11 is 18.0. The average Bonchev–Trinajstić information content (AvgIpc) is 0.729. The summed E-state index contributed by atoms with van der Waals surface area (Å²) in [5, 5.41) is 48.8. The van der Waals surface area contributed by atoms with E-state index < -0.39 is 15.5 Å². The van der Waals surface area contributed by atoms with Gasteiger partial charge in [0.25, 0.3) is 0 Å². The van der Waals surface area contributed by atoms with Crippen LogP contribution in [0.25, 0.3) is 55.2 Å². The molecule has 4 heterocycles. The number of carbonyl (C=O) groups is 2. The van der Waals surface area contributed by atoms with Crippen molar-refractivity contribution in [3.63, 3.8) is 0 Å². The number of allylic oxidation sites excluding steroid dienone is 1. The Morgan fingerprint density at radius 3 is 1.43 bits per heavy atom. The summed E-state index contributed by atoms with van der Waals surface area (Å²) in [5.74, 6) is 6.19. The third-order valence-electron chi connectivity index (χ3n) is 22.4. The number of ether oxygens (including phenoxy) is 7. The molecule has 16 nitrogen and oxygen atoms in total. The number of hydrogen-bond donors (Lipinski definition) is 4. The van der Waals surface area contributed by atoms with Crippen LogP contribution in [0.3, 0.4) is 0 Å². The van der Waals surface area contributed by atoms with E-state index in [4.69, 9.17) is 79.5 Å². The first-order chi connectivity index (χ1) is 61.9. The number of alkyl halides is 2. The molecule has 0 saturated carbocycles. The lowest BCUT2D eigenvalue weighted by Crippen LogP contribution is -2.37. The van der Waals surface area contributed by atoms with Crippen LogP contribution in [0.4, 0.5) is 17.1 Å². The van der Waals surface area contributed by atoms with E-state index in [9.17, 15) is 24.9 Å². The lowest BCUT2D eigenvalue weighted by molar-refractivity contribution is -0.115. The van der Waals surface area contributed by atoms with Gasteiger partial charge in [-0.15, -0.1) is 6.42 Å². The number of aromatic hydroxyl groups is 3. The Labute approximate surface area is 754 Å². The van der Waals surface area contributed by atoms with Crippen molar-refractivity contribution in [3.05, 3.63) is 395 Å². The smallest absolute Gasteiger partial charge is 0.205 e. The molecular weight excluding hydrogens is 1650 g/mol. The Morgan fingerprint density at radius 1 is 0.425 bits per heavy atom. The Bertz CT molecular complexity index is 6360. The van der Waals surface area contributed by atoms with E-state index in [1.807, 2.05) is 176 Å². The van der Waals surface area contributed by atoms with Gasteiger partial charge in [-0.1, -0.05) is 289 Å². The van der Waals surface area contributed by atoms with Gasteiger partial charge < -0.3 is 68.3 Å². The zero-order valence-corrected chi connectivity index (χ0v) is 72.8. The molecule has 2 atom stereocenters. The lowest BCUT2D eigenvalue weighted by atomic mass is 9.83. The Hall–Kier alpha value is -13.6. The van der Waals surface area contributed by atoms with Gasteiger partial charge in [-0.05, 0) is 112 Å². The molecule has 0 aromatic heterocycles. The highest BCUT2D eigenvalue weighted by Gasteiger charge is 2.40. The summed E-state index contributed by atoms with van der Waals surface area (Å²) in [4.78, 5) is 30.2. The molecule has 15 aromatic carbocycles. The molecule has 1 aliphatic carbocycles. The van der Waals surface area contributed by atoms with Crippen LogP contribution in [-0.2, 0) is 34.5 Å². The fourth-order valence-electron chi connectivity index (χ4n) is 15.7. The minimum atomic E-state index is -1.41. The summed E-state index contributed by atoms with van der Waals surface area (Å²) in [6.07, 6.45) is 13.0. The lowest BCUT2D eigenvalue weighted by Gasteiger charge is -2.38. The predicted octanol–water partition coefficient (Wildman–Crippen LogP) is 22.4. The highest BCUT2D eigenvalue weighted by Crippen LogP contribution is 2.48.